The first kappa shape index (κ1) is 10.8. The van der Waals surface area contributed by atoms with Gasteiger partial charge in [-0.3, -0.25) is 4.79 Å². The van der Waals surface area contributed by atoms with Crippen molar-refractivity contribution in [1.82, 2.24) is 5.32 Å². The SMILES string of the molecule is CC(CCl)C(=O)NCCCC1CC1. The van der Waals surface area contributed by atoms with E-state index in [0.29, 0.717) is 5.88 Å². The van der Waals surface area contributed by atoms with Gasteiger partial charge in [0.15, 0.2) is 0 Å². The number of hydrogen-bond donors (Lipinski definition) is 1. The number of halogens is 1. The maximum absolute atomic E-state index is 11.2. The highest BCUT2D eigenvalue weighted by Gasteiger charge is 2.20. The molecule has 1 aliphatic carbocycles. The minimum atomic E-state index is -0.0532. The first-order chi connectivity index (χ1) is 6.24. The highest BCUT2D eigenvalue weighted by molar-refractivity contribution is 6.19. The number of amides is 1. The summed E-state index contributed by atoms with van der Waals surface area (Å²) in [6.45, 7) is 2.67. The second-order valence-electron chi connectivity index (χ2n) is 3.93. The van der Waals surface area contributed by atoms with Crippen molar-refractivity contribution in [3.05, 3.63) is 0 Å². The molecule has 1 rings (SSSR count). The summed E-state index contributed by atoms with van der Waals surface area (Å²) in [7, 11) is 0. The molecule has 1 N–H and O–H groups in total. The highest BCUT2D eigenvalue weighted by Crippen LogP contribution is 2.33. The Kier molecular flexibility index (Phi) is 4.57. The Bertz CT molecular complexity index is 168. The predicted molar refractivity (Wildman–Crippen MR) is 54.9 cm³/mol. The molecule has 1 atom stereocenters. The lowest BCUT2D eigenvalue weighted by molar-refractivity contribution is -0.123. The van der Waals surface area contributed by atoms with Gasteiger partial charge in [0, 0.05) is 18.3 Å². The molecular formula is C10H18ClNO. The van der Waals surface area contributed by atoms with E-state index in [1.165, 1.54) is 19.3 Å². The van der Waals surface area contributed by atoms with Gasteiger partial charge < -0.3 is 5.32 Å². The summed E-state index contributed by atoms with van der Waals surface area (Å²) in [5.41, 5.74) is 0. The van der Waals surface area contributed by atoms with Crippen LogP contribution in [0.5, 0.6) is 0 Å². The molecule has 0 aromatic carbocycles. The first-order valence-electron chi connectivity index (χ1n) is 5.07. The molecule has 1 fully saturated rings. The van der Waals surface area contributed by atoms with Gasteiger partial charge in [0.1, 0.15) is 0 Å². The van der Waals surface area contributed by atoms with Gasteiger partial charge in [-0.05, 0) is 18.8 Å². The molecule has 0 saturated heterocycles. The van der Waals surface area contributed by atoms with Gasteiger partial charge >= 0.3 is 0 Å². The average molecular weight is 204 g/mol. The minimum absolute atomic E-state index is 0.0532. The molecule has 0 radical (unpaired) electrons. The third kappa shape index (κ3) is 4.51. The predicted octanol–water partition coefficient (Wildman–Crippen LogP) is 2.17. The van der Waals surface area contributed by atoms with Gasteiger partial charge in [-0.15, -0.1) is 11.6 Å². The molecule has 76 valence electrons. The molecule has 0 heterocycles. The largest absolute Gasteiger partial charge is 0.356 e. The summed E-state index contributed by atoms with van der Waals surface area (Å²) >= 11 is 5.56. The van der Waals surface area contributed by atoms with Gasteiger partial charge in [0.05, 0.1) is 0 Å². The fraction of sp³-hybridized carbons (Fsp3) is 0.900. The lowest BCUT2D eigenvalue weighted by Crippen LogP contribution is -2.30. The number of carbonyl (C=O) groups excluding carboxylic acids is 1. The zero-order chi connectivity index (χ0) is 9.68. The summed E-state index contributed by atoms with van der Waals surface area (Å²) in [6, 6.07) is 0. The smallest absolute Gasteiger partial charge is 0.224 e. The van der Waals surface area contributed by atoms with Crippen molar-refractivity contribution in [2.75, 3.05) is 12.4 Å². The molecule has 0 bridgehead atoms. The van der Waals surface area contributed by atoms with Gasteiger partial charge in [0.25, 0.3) is 0 Å². The van der Waals surface area contributed by atoms with Crippen LogP contribution in [0, 0.1) is 11.8 Å². The average Bonchev–Trinajstić information content (AvgIpc) is 2.94. The minimum Gasteiger partial charge on any atom is -0.356 e. The van der Waals surface area contributed by atoms with E-state index in [2.05, 4.69) is 5.32 Å². The molecule has 1 saturated carbocycles. The first-order valence-corrected chi connectivity index (χ1v) is 5.61. The number of carbonyl (C=O) groups is 1. The summed E-state index contributed by atoms with van der Waals surface area (Å²) < 4.78 is 0. The van der Waals surface area contributed by atoms with Gasteiger partial charge in [-0.1, -0.05) is 19.8 Å². The Hall–Kier alpha value is -0.240. The Morgan fingerprint density at radius 1 is 1.62 bits per heavy atom. The maximum atomic E-state index is 11.2. The lowest BCUT2D eigenvalue weighted by Gasteiger charge is -2.08. The van der Waals surface area contributed by atoms with E-state index in [1.807, 2.05) is 6.92 Å². The second-order valence-corrected chi connectivity index (χ2v) is 4.24. The van der Waals surface area contributed by atoms with Crippen LogP contribution in [-0.2, 0) is 4.79 Å². The third-order valence-corrected chi connectivity index (χ3v) is 2.93. The van der Waals surface area contributed by atoms with Crippen LogP contribution in [-0.4, -0.2) is 18.3 Å². The summed E-state index contributed by atoms with van der Waals surface area (Å²) in [4.78, 5) is 11.2. The van der Waals surface area contributed by atoms with Crippen LogP contribution in [0.1, 0.15) is 32.6 Å². The van der Waals surface area contributed by atoms with Crippen LogP contribution in [0.3, 0.4) is 0 Å². The molecule has 3 heteroatoms. The van der Waals surface area contributed by atoms with Gasteiger partial charge in [-0.2, -0.15) is 0 Å². The maximum Gasteiger partial charge on any atom is 0.224 e. The van der Waals surface area contributed by atoms with E-state index in [-0.39, 0.29) is 11.8 Å². The summed E-state index contributed by atoms with van der Waals surface area (Å²) in [5, 5.41) is 2.89. The fourth-order valence-electron chi connectivity index (χ4n) is 1.25. The molecule has 0 aliphatic heterocycles. The van der Waals surface area contributed by atoms with Crippen molar-refractivity contribution in [2.24, 2.45) is 11.8 Å². The summed E-state index contributed by atoms with van der Waals surface area (Å²) in [6.07, 6.45) is 5.18. The molecule has 1 aliphatic rings. The molecule has 2 nitrogen and oxygen atoms in total. The quantitative estimate of drug-likeness (QED) is 0.520. The van der Waals surface area contributed by atoms with Crippen molar-refractivity contribution in [2.45, 2.75) is 32.6 Å². The van der Waals surface area contributed by atoms with E-state index in [0.717, 1.165) is 18.9 Å². The van der Waals surface area contributed by atoms with E-state index in [4.69, 9.17) is 11.6 Å². The van der Waals surface area contributed by atoms with Crippen molar-refractivity contribution in [3.63, 3.8) is 0 Å². The molecule has 1 unspecified atom stereocenters. The number of nitrogens with one attached hydrogen (secondary N) is 1. The fourth-order valence-corrected chi connectivity index (χ4v) is 1.39. The van der Waals surface area contributed by atoms with Crippen LogP contribution >= 0.6 is 11.6 Å². The second kappa shape index (κ2) is 5.48. The van der Waals surface area contributed by atoms with Crippen molar-refractivity contribution in [1.29, 1.82) is 0 Å². The Morgan fingerprint density at radius 3 is 2.85 bits per heavy atom. The molecule has 0 aromatic rings. The lowest BCUT2D eigenvalue weighted by atomic mass is 10.2. The van der Waals surface area contributed by atoms with E-state index in [1.54, 1.807) is 0 Å². The zero-order valence-electron chi connectivity index (χ0n) is 8.18. The van der Waals surface area contributed by atoms with Crippen LogP contribution in [0.2, 0.25) is 0 Å². The molecule has 0 spiro atoms. The number of alkyl halides is 1. The van der Waals surface area contributed by atoms with E-state index in [9.17, 15) is 4.79 Å². The van der Waals surface area contributed by atoms with Gasteiger partial charge in [0.2, 0.25) is 5.91 Å². The number of hydrogen-bond acceptors (Lipinski definition) is 1. The molecule has 1 amide bonds. The van der Waals surface area contributed by atoms with Crippen LogP contribution in [0.4, 0.5) is 0 Å². The Labute approximate surface area is 85.0 Å². The zero-order valence-corrected chi connectivity index (χ0v) is 8.94. The van der Waals surface area contributed by atoms with Crippen LogP contribution < -0.4 is 5.32 Å². The van der Waals surface area contributed by atoms with Crippen LogP contribution in [0.25, 0.3) is 0 Å². The normalized spacial score (nSPS) is 18.3. The summed E-state index contributed by atoms with van der Waals surface area (Å²) in [5.74, 6) is 1.41. The Balaban J connectivity index is 1.94. The standard InChI is InChI=1S/C10H18ClNO/c1-8(7-11)10(13)12-6-2-3-9-4-5-9/h8-9H,2-7H2,1H3,(H,12,13). The highest BCUT2D eigenvalue weighted by atomic mass is 35.5. The van der Waals surface area contributed by atoms with Crippen molar-refractivity contribution >= 4 is 17.5 Å². The molecule has 13 heavy (non-hydrogen) atoms. The van der Waals surface area contributed by atoms with Gasteiger partial charge in [-0.25, -0.2) is 0 Å². The molecule has 0 aromatic heterocycles. The van der Waals surface area contributed by atoms with Crippen molar-refractivity contribution < 1.29 is 4.79 Å². The third-order valence-electron chi connectivity index (χ3n) is 2.46. The van der Waals surface area contributed by atoms with E-state index >= 15 is 0 Å². The topological polar surface area (TPSA) is 29.1 Å². The molecular weight excluding hydrogens is 186 g/mol. The Morgan fingerprint density at radius 2 is 2.31 bits per heavy atom. The monoisotopic (exact) mass is 203 g/mol. The van der Waals surface area contributed by atoms with E-state index < -0.39 is 0 Å². The van der Waals surface area contributed by atoms with Crippen LogP contribution in [0.15, 0.2) is 0 Å². The van der Waals surface area contributed by atoms with Crippen molar-refractivity contribution in [3.8, 4) is 0 Å². The number of rotatable bonds is 6.